The Kier molecular flexibility index (Phi) is 3.11. The molecule has 0 aliphatic carbocycles. The van der Waals surface area contributed by atoms with E-state index in [-0.39, 0.29) is 18.1 Å². The van der Waals surface area contributed by atoms with Crippen molar-refractivity contribution in [3.05, 3.63) is 35.5 Å². The van der Waals surface area contributed by atoms with E-state index in [1.807, 2.05) is 6.07 Å². The summed E-state index contributed by atoms with van der Waals surface area (Å²) in [6, 6.07) is 7.91. The Morgan fingerprint density at radius 1 is 1.50 bits per heavy atom. The predicted octanol–water partition coefficient (Wildman–Crippen LogP) is 1.99. The number of fused-ring (bicyclic) bond motifs is 1. The van der Waals surface area contributed by atoms with E-state index in [1.165, 1.54) is 12.1 Å². The molecule has 2 aromatic rings. The molecule has 0 unspecified atom stereocenters. The third-order valence-electron chi connectivity index (χ3n) is 2.40. The van der Waals surface area contributed by atoms with Crippen molar-refractivity contribution in [3.8, 4) is 11.8 Å². The highest BCUT2D eigenvalue weighted by atomic mass is 16.5. The van der Waals surface area contributed by atoms with Crippen molar-refractivity contribution in [2.75, 3.05) is 6.61 Å². The van der Waals surface area contributed by atoms with Crippen molar-refractivity contribution >= 4 is 16.9 Å². The number of aromatic nitrogens is 1. The number of nitrogens with zero attached hydrogens (tertiary/aromatic N) is 2. The molecule has 0 bridgehead atoms. The molecule has 0 radical (unpaired) electrons. The summed E-state index contributed by atoms with van der Waals surface area (Å²) >= 11 is 0. The summed E-state index contributed by atoms with van der Waals surface area (Å²) in [6.07, 6.45) is 0. The lowest BCUT2D eigenvalue weighted by molar-refractivity contribution is 0.0519. The van der Waals surface area contributed by atoms with Gasteiger partial charge in [-0.05, 0) is 25.1 Å². The summed E-state index contributed by atoms with van der Waals surface area (Å²) in [5.74, 6) is -0.662. The number of nitriles is 1. The van der Waals surface area contributed by atoms with Crippen LogP contribution in [0.15, 0.2) is 24.3 Å². The number of esters is 1. The van der Waals surface area contributed by atoms with Crippen LogP contribution in [0.4, 0.5) is 0 Å². The van der Waals surface area contributed by atoms with E-state index in [2.05, 4.69) is 4.98 Å². The molecule has 0 fully saturated rings. The first-order valence-electron chi connectivity index (χ1n) is 5.36. The van der Waals surface area contributed by atoms with Crippen LogP contribution in [-0.2, 0) is 4.74 Å². The average Bonchev–Trinajstić information content (AvgIpc) is 2.38. The molecule has 0 aliphatic heterocycles. The first kappa shape index (κ1) is 11.9. The van der Waals surface area contributed by atoms with E-state index < -0.39 is 5.97 Å². The molecule has 0 spiro atoms. The molecule has 0 saturated heterocycles. The monoisotopic (exact) mass is 242 g/mol. The van der Waals surface area contributed by atoms with Gasteiger partial charge in [-0.2, -0.15) is 5.26 Å². The molecular formula is C13H10N2O3. The minimum absolute atomic E-state index is 0.0249. The normalized spacial score (nSPS) is 10.0. The van der Waals surface area contributed by atoms with Gasteiger partial charge in [0, 0.05) is 11.5 Å². The van der Waals surface area contributed by atoms with Gasteiger partial charge >= 0.3 is 5.97 Å². The van der Waals surface area contributed by atoms with Crippen LogP contribution in [0.3, 0.4) is 0 Å². The molecule has 0 saturated carbocycles. The largest absolute Gasteiger partial charge is 0.507 e. The maximum absolute atomic E-state index is 11.5. The van der Waals surface area contributed by atoms with E-state index in [0.29, 0.717) is 16.5 Å². The fraction of sp³-hybridized carbons (Fsp3) is 0.154. The highest BCUT2D eigenvalue weighted by Gasteiger charge is 2.12. The molecule has 1 aromatic carbocycles. The van der Waals surface area contributed by atoms with Gasteiger partial charge in [-0.25, -0.2) is 9.78 Å². The minimum atomic E-state index is -0.600. The van der Waals surface area contributed by atoms with Crippen molar-refractivity contribution in [2.24, 2.45) is 0 Å². The SMILES string of the molecule is CCOC(=O)c1cc(O)c2ccc(C#N)cc2n1. The number of pyridine rings is 1. The summed E-state index contributed by atoms with van der Waals surface area (Å²) in [7, 11) is 0. The Hall–Kier alpha value is -2.61. The number of rotatable bonds is 2. The van der Waals surface area contributed by atoms with Crippen molar-refractivity contribution in [2.45, 2.75) is 6.92 Å². The zero-order valence-electron chi connectivity index (χ0n) is 9.67. The van der Waals surface area contributed by atoms with E-state index >= 15 is 0 Å². The van der Waals surface area contributed by atoms with Gasteiger partial charge in [-0.15, -0.1) is 0 Å². The van der Waals surface area contributed by atoms with Gasteiger partial charge in [0.15, 0.2) is 5.69 Å². The van der Waals surface area contributed by atoms with Crippen molar-refractivity contribution in [1.29, 1.82) is 5.26 Å². The maximum atomic E-state index is 11.5. The number of aromatic hydroxyl groups is 1. The number of hydrogen-bond acceptors (Lipinski definition) is 5. The lowest BCUT2D eigenvalue weighted by Gasteiger charge is -2.05. The highest BCUT2D eigenvalue weighted by Crippen LogP contribution is 2.25. The van der Waals surface area contributed by atoms with Gasteiger partial charge in [-0.1, -0.05) is 0 Å². The lowest BCUT2D eigenvalue weighted by Crippen LogP contribution is -2.07. The molecular weight excluding hydrogens is 232 g/mol. The number of benzene rings is 1. The molecule has 90 valence electrons. The molecule has 5 heteroatoms. The molecule has 0 atom stereocenters. The molecule has 2 rings (SSSR count). The van der Waals surface area contributed by atoms with Crippen LogP contribution in [0.5, 0.6) is 5.75 Å². The molecule has 1 aromatic heterocycles. The first-order chi connectivity index (χ1) is 8.65. The molecule has 5 nitrogen and oxygen atoms in total. The Balaban J connectivity index is 2.59. The number of carbonyl (C=O) groups is 1. The zero-order valence-corrected chi connectivity index (χ0v) is 9.67. The Labute approximate surface area is 103 Å². The van der Waals surface area contributed by atoms with E-state index in [1.54, 1.807) is 19.1 Å². The second-order valence-electron chi connectivity index (χ2n) is 3.59. The quantitative estimate of drug-likeness (QED) is 0.814. The zero-order chi connectivity index (χ0) is 13.1. The number of hydrogen-bond donors (Lipinski definition) is 1. The fourth-order valence-corrected chi connectivity index (χ4v) is 1.59. The van der Waals surface area contributed by atoms with Crippen LogP contribution in [0, 0.1) is 11.3 Å². The molecule has 0 aliphatic rings. The summed E-state index contributed by atoms with van der Waals surface area (Å²) < 4.78 is 4.81. The predicted molar refractivity (Wildman–Crippen MR) is 64.1 cm³/mol. The Bertz CT molecular complexity index is 659. The molecule has 1 heterocycles. The Morgan fingerprint density at radius 3 is 2.94 bits per heavy atom. The van der Waals surface area contributed by atoms with Crippen LogP contribution >= 0.6 is 0 Å². The highest BCUT2D eigenvalue weighted by molar-refractivity contribution is 5.94. The lowest BCUT2D eigenvalue weighted by atomic mass is 10.1. The second-order valence-corrected chi connectivity index (χ2v) is 3.59. The van der Waals surface area contributed by atoms with E-state index in [4.69, 9.17) is 10.00 Å². The standard InChI is InChI=1S/C13H10N2O3/c1-2-18-13(17)11-6-12(16)9-4-3-8(7-14)5-10(9)15-11/h3-6H,2H2,1H3,(H,15,16). The van der Waals surface area contributed by atoms with Crippen molar-refractivity contribution in [3.63, 3.8) is 0 Å². The third-order valence-corrected chi connectivity index (χ3v) is 2.40. The average molecular weight is 242 g/mol. The first-order valence-corrected chi connectivity index (χ1v) is 5.36. The summed E-state index contributed by atoms with van der Waals surface area (Å²) in [5.41, 5.74) is 0.824. The van der Waals surface area contributed by atoms with Gasteiger partial charge in [0.1, 0.15) is 5.75 Å². The van der Waals surface area contributed by atoms with Crippen molar-refractivity contribution < 1.29 is 14.6 Å². The minimum Gasteiger partial charge on any atom is -0.507 e. The van der Waals surface area contributed by atoms with Crippen LogP contribution in [0.25, 0.3) is 10.9 Å². The van der Waals surface area contributed by atoms with E-state index in [9.17, 15) is 9.90 Å². The third kappa shape index (κ3) is 2.09. The fourth-order valence-electron chi connectivity index (χ4n) is 1.59. The van der Waals surface area contributed by atoms with Crippen LogP contribution in [-0.4, -0.2) is 22.7 Å². The molecule has 18 heavy (non-hydrogen) atoms. The van der Waals surface area contributed by atoms with Crippen molar-refractivity contribution in [1.82, 2.24) is 4.98 Å². The molecule has 1 N–H and O–H groups in total. The molecule has 0 amide bonds. The Morgan fingerprint density at radius 2 is 2.28 bits per heavy atom. The van der Waals surface area contributed by atoms with Gasteiger partial charge in [0.2, 0.25) is 0 Å². The maximum Gasteiger partial charge on any atom is 0.357 e. The van der Waals surface area contributed by atoms with Crippen LogP contribution < -0.4 is 0 Å². The van der Waals surface area contributed by atoms with Crippen LogP contribution in [0.2, 0.25) is 0 Å². The number of ether oxygens (including phenoxy) is 1. The second kappa shape index (κ2) is 4.72. The van der Waals surface area contributed by atoms with Gasteiger partial charge in [0.25, 0.3) is 0 Å². The summed E-state index contributed by atoms with van der Waals surface area (Å²) in [6.45, 7) is 1.92. The topological polar surface area (TPSA) is 83.2 Å². The van der Waals surface area contributed by atoms with Gasteiger partial charge in [0.05, 0.1) is 23.8 Å². The van der Waals surface area contributed by atoms with Gasteiger partial charge in [-0.3, -0.25) is 0 Å². The van der Waals surface area contributed by atoms with Crippen LogP contribution in [0.1, 0.15) is 23.0 Å². The summed E-state index contributed by atoms with van der Waals surface area (Å²) in [5, 5.41) is 19.1. The number of carbonyl (C=O) groups excluding carboxylic acids is 1. The van der Waals surface area contributed by atoms with Gasteiger partial charge < -0.3 is 9.84 Å². The van der Waals surface area contributed by atoms with E-state index in [0.717, 1.165) is 0 Å². The smallest absolute Gasteiger partial charge is 0.357 e. The summed E-state index contributed by atoms with van der Waals surface area (Å²) in [4.78, 5) is 15.6.